The summed E-state index contributed by atoms with van der Waals surface area (Å²) in [4.78, 5) is 16.4. The van der Waals surface area contributed by atoms with Gasteiger partial charge < -0.3 is 10.3 Å². The lowest BCUT2D eigenvalue weighted by atomic mass is 10.1. The van der Waals surface area contributed by atoms with E-state index in [4.69, 9.17) is 0 Å². The van der Waals surface area contributed by atoms with Crippen molar-refractivity contribution >= 4 is 33.8 Å². The molecule has 0 radical (unpaired) electrons. The van der Waals surface area contributed by atoms with E-state index in [0.717, 1.165) is 22.6 Å². The molecule has 0 saturated heterocycles. The van der Waals surface area contributed by atoms with Crippen molar-refractivity contribution in [1.82, 2.24) is 4.98 Å². The summed E-state index contributed by atoms with van der Waals surface area (Å²) in [6.45, 7) is 0. The third-order valence-electron chi connectivity index (χ3n) is 3.92. The van der Waals surface area contributed by atoms with Crippen molar-refractivity contribution in [1.29, 1.82) is 0 Å². The Bertz CT molecular complexity index is 1050. The van der Waals surface area contributed by atoms with Crippen LogP contribution in [0.25, 0.3) is 21.3 Å². The summed E-state index contributed by atoms with van der Waals surface area (Å²) in [7, 11) is 0. The lowest BCUT2D eigenvalue weighted by Crippen LogP contribution is -2.11. The Labute approximate surface area is 145 Å². The summed E-state index contributed by atoms with van der Waals surface area (Å²) in [6, 6.07) is 13.3. The lowest BCUT2D eigenvalue weighted by molar-refractivity contribution is 0.102. The number of benzene rings is 2. The van der Waals surface area contributed by atoms with Crippen LogP contribution in [0, 0.1) is 11.6 Å². The molecule has 4 rings (SSSR count). The highest BCUT2D eigenvalue weighted by Crippen LogP contribution is 2.27. The molecule has 0 spiro atoms. The maximum absolute atomic E-state index is 13.4. The minimum Gasteiger partial charge on any atom is -0.359 e. The highest BCUT2D eigenvalue weighted by atomic mass is 32.1. The summed E-state index contributed by atoms with van der Waals surface area (Å²) >= 11 is 1.63. The van der Waals surface area contributed by atoms with Gasteiger partial charge in [-0.05, 0) is 35.2 Å². The van der Waals surface area contributed by atoms with Gasteiger partial charge in [-0.2, -0.15) is 0 Å². The van der Waals surface area contributed by atoms with Gasteiger partial charge >= 0.3 is 0 Å². The molecule has 2 aromatic carbocycles. The maximum Gasteiger partial charge on any atom is 0.255 e. The van der Waals surface area contributed by atoms with Crippen molar-refractivity contribution in [2.45, 2.75) is 0 Å². The number of fused-ring (bicyclic) bond motifs is 1. The van der Waals surface area contributed by atoms with E-state index in [2.05, 4.69) is 10.3 Å². The van der Waals surface area contributed by atoms with Crippen molar-refractivity contribution < 1.29 is 13.6 Å². The second-order valence-electron chi connectivity index (χ2n) is 5.52. The molecular weight excluding hydrogens is 342 g/mol. The minimum absolute atomic E-state index is 0.316. The number of aromatic amines is 1. The van der Waals surface area contributed by atoms with Crippen LogP contribution in [0.2, 0.25) is 0 Å². The average molecular weight is 354 g/mol. The van der Waals surface area contributed by atoms with Crippen LogP contribution in [0.5, 0.6) is 0 Å². The van der Waals surface area contributed by atoms with E-state index < -0.39 is 11.6 Å². The average Bonchev–Trinajstić information content (AvgIpc) is 3.27. The van der Waals surface area contributed by atoms with Gasteiger partial charge in [-0.25, -0.2) is 8.78 Å². The number of anilines is 1. The normalized spacial score (nSPS) is 11.0. The van der Waals surface area contributed by atoms with E-state index in [0.29, 0.717) is 22.2 Å². The highest BCUT2D eigenvalue weighted by molar-refractivity contribution is 7.13. The lowest BCUT2D eigenvalue weighted by Gasteiger charge is -2.05. The summed E-state index contributed by atoms with van der Waals surface area (Å²) in [6.07, 6.45) is 1.52. The number of nitrogens with one attached hydrogen (secondary N) is 2. The van der Waals surface area contributed by atoms with Crippen molar-refractivity contribution in [3.05, 3.63) is 77.3 Å². The predicted octanol–water partition coefficient (Wildman–Crippen LogP) is 5.43. The number of hydrogen-bond acceptors (Lipinski definition) is 2. The van der Waals surface area contributed by atoms with Gasteiger partial charge in [0, 0.05) is 28.1 Å². The Morgan fingerprint density at radius 1 is 1.04 bits per heavy atom. The molecule has 2 N–H and O–H groups in total. The Balaban J connectivity index is 1.59. The minimum atomic E-state index is -0.956. The molecule has 0 aliphatic heterocycles. The molecule has 3 nitrogen and oxygen atoms in total. The molecule has 25 heavy (non-hydrogen) atoms. The summed E-state index contributed by atoms with van der Waals surface area (Å²) in [5, 5.41) is 5.14. The molecule has 0 saturated carbocycles. The summed E-state index contributed by atoms with van der Waals surface area (Å²) < 4.78 is 26.7. The van der Waals surface area contributed by atoms with Gasteiger partial charge in [-0.3, -0.25) is 4.79 Å². The van der Waals surface area contributed by atoms with Gasteiger partial charge in [-0.1, -0.05) is 18.2 Å². The molecule has 1 amide bonds. The van der Waals surface area contributed by atoms with Crippen molar-refractivity contribution in [3.63, 3.8) is 0 Å². The van der Waals surface area contributed by atoms with E-state index in [1.54, 1.807) is 23.5 Å². The zero-order valence-electron chi connectivity index (χ0n) is 12.8. The van der Waals surface area contributed by atoms with Crippen LogP contribution >= 0.6 is 11.3 Å². The molecule has 2 aromatic heterocycles. The maximum atomic E-state index is 13.4. The molecular formula is C19H12F2N2OS. The molecule has 0 bridgehead atoms. The first kappa shape index (κ1) is 15.5. The van der Waals surface area contributed by atoms with Gasteiger partial charge in [0.15, 0.2) is 11.6 Å². The summed E-state index contributed by atoms with van der Waals surface area (Å²) in [5.74, 6) is -2.21. The zero-order valence-corrected chi connectivity index (χ0v) is 13.7. The molecule has 0 atom stereocenters. The highest BCUT2D eigenvalue weighted by Gasteiger charge is 2.13. The number of carbonyl (C=O) groups is 1. The number of rotatable bonds is 3. The van der Waals surface area contributed by atoms with Crippen LogP contribution in [0.15, 0.2) is 60.1 Å². The largest absolute Gasteiger partial charge is 0.359 e. The van der Waals surface area contributed by atoms with Gasteiger partial charge in [0.1, 0.15) is 0 Å². The SMILES string of the molecule is O=C(Nc1c[nH]c2cc(F)c(F)cc12)c1ccc(-c2cccs2)cc1. The Morgan fingerprint density at radius 3 is 2.52 bits per heavy atom. The number of amides is 1. The van der Waals surface area contributed by atoms with Gasteiger partial charge in [0.05, 0.1) is 11.2 Å². The topological polar surface area (TPSA) is 44.9 Å². The molecule has 0 fully saturated rings. The fraction of sp³-hybridized carbons (Fsp3) is 0. The standard InChI is InChI=1S/C19H12F2N2OS/c20-14-8-13-16(9-15(14)21)22-10-17(13)23-19(24)12-5-3-11(4-6-12)18-2-1-7-25-18/h1-10,22H,(H,23,24). The van der Waals surface area contributed by atoms with E-state index >= 15 is 0 Å². The fourth-order valence-corrected chi connectivity index (χ4v) is 3.38. The van der Waals surface area contributed by atoms with Crippen LogP contribution in [-0.2, 0) is 0 Å². The van der Waals surface area contributed by atoms with E-state index in [9.17, 15) is 13.6 Å². The number of hydrogen-bond donors (Lipinski definition) is 2. The van der Waals surface area contributed by atoms with Crippen LogP contribution in [0.3, 0.4) is 0 Å². The van der Waals surface area contributed by atoms with Crippen LogP contribution in [0.4, 0.5) is 14.5 Å². The smallest absolute Gasteiger partial charge is 0.255 e. The fourth-order valence-electron chi connectivity index (χ4n) is 2.64. The van der Waals surface area contributed by atoms with Gasteiger partial charge in [0.2, 0.25) is 0 Å². The Kier molecular flexibility index (Phi) is 3.82. The monoisotopic (exact) mass is 354 g/mol. The quantitative estimate of drug-likeness (QED) is 0.506. The van der Waals surface area contributed by atoms with Gasteiger partial charge in [-0.15, -0.1) is 11.3 Å². The number of halogens is 2. The van der Waals surface area contributed by atoms with Crippen LogP contribution in [0.1, 0.15) is 10.4 Å². The van der Waals surface area contributed by atoms with Crippen LogP contribution < -0.4 is 5.32 Å². The summed E-state index contributed by atoms with van der Waals surface area (Å²) in [5.41, 5.74) is 2.34. The van der Waals surface area contributed by atoms with Crippen molar-refractivity contribution in [2.24, 2.45) is 0 Å². The molecule has 124 valence electrons. The second kappa shape index (κ2) is 6.14. The number of carbonyl (C=O) groups excluding carboxylic acids is 1. The van der Waals surface area contributed by atoms with Crippen LogP contribution in [-0.4, -0.2) is 10.9 Å². The van der Waals surface area contributed by atoms with E-state index in [1.807, 2.05) is 29.6 Å². The first-order valence-corrected chi connectivity index (χ1v) is 8.41. The van der Waals surface area contributed by atoms with Gasteiger partial charge in [0.25, 0.3) is 5.91 Å². The van der Waals surface area contributed by atoms with Crippen molar-refractivity contribution in [2.75, 3.05) is 5.32 Å². The Morgan fingerprint density at radius 2 is 1.80 bits per heavy atom. The molecule has 0 aliphatic carbocycles. The third kappa shape index (κ3) is 2.92. The van der Waals surface area contributed by atoms with E-state index in [-0.39, 0.29) is 5.91 Å². The van der Waals surface area contributed by atoms with Crippen molar-refractivity contribution in [3.8, 4) is 10.4 Å². The molecule has 0 aliphatic rings. The zero-order chi connectivity index (χ0) is 17.4. The molecule has 0 unspecified atom stereocenters. The first-order valence-electron chi connectivity index (χ1n) is 7.53. The molecule has 6 heteroatoms. The molecule has 4 aromatic rings. The third-order valence-corrected chi connectivity index (χ3v) is 4.84. The molecule has 2 heterocycles. The predicted molar refractivity (Wildman–Crippen MR) is 95.9 cm³/mol. The number of aromatic nitrogens is 1. The second-order valence-corrected chi connectivity index (χ2v) is 6.47. The van der Waals surface area contributed by atoms with E-state index in [1.165, 1.54) is 6.20 Å². The first-order chi connectivity index (χ1) is 12.1. The number of H-pyrrole nitrogens is 1. The number of thiophene rings is 1. The Hall–Kier alpha value is -2.99.